The largest absolute Gasteiger partial charge is 0.481 e. The van der Waals surface area contributed by atoms with Gasteiger partial charge in [-0.25, -0.2) is 0 Å². The second-order valence-corrected chi connectivity index (χ2v) is 1.55. The van der Waals surface area contributed by atoms with E-state index in [2.05, 4.69) is 4.74 Å². The Kier molecular flexibility index (Phi) is 3.64. The van der Waals surface area contributed by atoms with E-state index in [1.165, 1.54) is 0 Å². The molecule has 1 rings (SSSR count). The topological polar surface area (TPSA) is 49.8 Å². The fourth-order valence-electron chi connectivity index (χ4n) is 0.381. The molecule has 1 radical (unpaired) electrons. The van der Waals surface area contributed by atoms with E-state index in [0.29, 0.717) is 6.61 Å². The molecular weight excluding hydrogens is 119 g/mol. The van der Waals surface area contributed by atoms with Gasteiger partial charge in [0.25, 0.3) is 0 Å². The molecule has 0 aliphatic carbocycles. The Hall–Kier alpha value is 0.430. The predicted molar refractivity (Wildman–Crippen MR) is 27.7 cm³/mol. The average Bonchev–Trinajstić information content (AvgIpc) is 2.17. The minimum atomic E-state index is -0.775. The molecule has 1 heterocycles. The molecule has 0 bridgehead atoms. The first-order chi connectivity index (χ1) is 3.29. The molecule has 0 spiro atoms. The van der Waals surface area contributed by atoms with Crippen molar-refractivity contribution in [3.8, 4) is 0 Å². The molecule has 0 saturated carbocycles. The molecule has 1 atom stereocenters. The number of carboxylic acid groups (broad SMARTS) is 1. The van der Waals surface area contributed by atoms with E-state index in [1.54, 1.807) is 0 Å². The molecule has 0 amide bonds. The molecule has 1 N–H and O–H groups in total. The van der Waals surface area contributed by atoms with Crippen LogP contribution in [0.5, 0.6) is 0 Å². The summed E-state index contributed by atoms with van der Waals surface area (Å²) < 4.78 is 4.64. The summed E-state index contributed by atoms with van der Waals surface area (Å²) in [5.74, 6) is -0.775. The third-order valence-electron chi connectivity index (χ3n) is 0.805. The molecular formula is C4H6NaO3. The Bertz CT molecular complexity index is 89.3. The molecule has 1 saturated heterocycles. The van der Waals surface area contributed by atoms with E-state index in [0.717, 1.165) is 0 Å². The van der Waals surface area contributed by atoms with Crippen molar-refractivity contribution in [2.24, 2.45) is 0 Å². The Labute approximate surface area is 69.3 Å². The van der Waals surface area contributed by atoms with Gasteiger partial charge in [0.05, 0.1) is 19.1 Å². The van der Waals surface area contributed by atoms with Crippen molar-refractivity contribution in [2.75, 3.05) is 6.61 Å². The fourth-order valence-corrected chi connectivity index (χ4v) is 0.381. The van der Waals surface area contributed by atoms with E-state index in [1.807, 2.05) is 0 Å². The molecule has 1 fully saturated rings. The van der Waals surface area contributed by atoms with Gasteiger partial charge in [-0.05, 0) is 0 Å². The number of ether oxygens (including phenoxy) is 1. The van der Waals surface area contributed by atoms with Crippen LogP contribution in [-0.2, 0) is 9.53 Å². The molecule has 0 aromatic carbocycles. The zero-order valence-corrected chi connectivity index (χ0v) is 6.76. The molecule has 41 valence electrons. The van der Waals surface area contributed by atoms with Crippen molar-refractivity contribution < 1.29 is 14.6 Å². The maximum Gasteiger partial charge on any atom is 0.306 e. The van der Waals surface area contributed by atoms with Crippen molar-refractivity contribution in [3.63, 3.8) is 0 Å². The van der Waals surface area contributed by atoms with Gasteiger partial charge in [0, 0.05) is 29.6 Å². The van der Waals surface area contributed by atoms with Crippen molar-refractivity contribution in [3.05, 3.63) is 0 Å². The van der Waals surface area contributed by atoms with Crippen LogP contribution in [0.2, 0.25) is 0 Å². The van der Waals surface area contributed by atoms with E-state index < -0.39 is 5.97 Å². The molecule has 1 aliphatic rings. The zero-order chi connectivity index (χ0) is 5.28. The fraction of sp³-hybridized carbons (Fsp3) is 0.750. The number of rotatable bonds is 2. The van der Waals surface area contributed by atoms with Gasteiger partial charge in [0.1, 0.15) is 0 Å². The Balaban J connectivity index is 0.000000490. The smallest absolute Gasteiger partial charge is 0.306 e. The second-order valence-electron chi connectivity index (χ2n) is 1.55. The summed E-state index contributed by atoms with van der Waals surface area (Å²) in [6.07, 6.45) is 0.192. The number of aliphatic carboxylic acids is 1. The number of epoxide rings is 1. The first-order valence-electron chi connectivity index (χ1n) is 2.12. The maximum atomic E-state index is 9.77. The predicted octanol–water partition coefficient (Wildman–Crippen LogP) is -0.521. The van der Waals surface area contributed by atoms with E-state index in [-0.39, 0.29) is 42.1 Å². The Morgan fingerprint density at radius 2 is 2.38 bits per heavy atom. The zero-order valence-electron chi connectivity index (χ0n) is 4.76. The molecule has 0 aromatic heterocycles. The molecule has 8 heavy (non-hydrogen) atoms. The summed E-state index contributed by atoms with van der Waals surface area (Å²) in [4.78, 5) is 9.77. The van der Waals surface area contributed by atoms with Gasteiger partial charge < -0.3 is 9.84 Å². The van der Waals surface area contributed by atoms with E-state index in [4.69, 9.17) is 5.11 Å². The van der Waals surface area contributed by atoms with Gasteiger partial charge in [0.2, 0.25) is 0 Å². The molecule has 0 aromatic rings. The Morgan fingerprint density at radius 1 is 1.88 bits per heavy atom. The van der Waals surface area contributed by atoms with Crippen molar-refractivity contribution in [2.45, 2.75) is 12.5 Å². The standard InChI is InChI=1S/C4H6O3.Na/c5-4(6)1-3-2-7-3;/h3H,1-2H2,(H,5,6);/t3-;/m0./s1. The van der Waals surface area contributed by atoms with Crippen LogP contribution in [-0.4, -0.2) is 53.3 Å². The number of carbonyl (C=O) groups is 1. The van der Waals surface area contributed by atoms with E-state index in [9.17, 15) is 4.79 Å². The first-order valence-corrected chi connectivity index (χ1v) is 2.12. The third-order valence-corrected chi connectivity index (χ3v) is 0.805. The first kappa shape index (κ1) is 8.43. The number of hydrogen-bond donors (Lipinski definition) is 1. The molecule has 3 nitrogen and oxygen atoms in total. The van der Waals surface area contributed by atoms with Gasteiger partial charge in [-0.3, -0.25) is 4.79 Å². The SMILES string of the molecule is O=C(O)C[C@H]1CO1.[Na]. The number of carboxylic acids is 1. The molecule has 0 unspecified atom stereocenters. The normalized spacial score (nSPS) is 23.8. The second kappa shape index (κ2) is 3.45. The van der Waals surface area contributed by atoms with Crippen molar-refractivity contribution in [1.29, 1.82) is 0 Å². The Morgan fingerprint density at radius 3 is 2.50 bits per heavy atom. The van der Waals surface area contributed by atoms with Crippen molar-refractivity contribution >= 4 is 35.5 Å². The van der Waals surface area contributed by atoms with Gasteiger partial charge in [-0.1, -0.05) is 0 Å². The summed E-state index contributed by atoms with van der Waals surface area (Å²) >= 11 is 0. The quantitative estimate of drug-likeness (QED) is 0.399. The average molecular weight is 125 g/mol. The summed E-state index contributed by atoms with van der Waals surface area (Å²) in [5, 5.41) is 8.04. The molecule has 1 aliphatic heterocycles. The monoisotopic (exact) mass is 125 g/mol. The maximum absolute atomic E-state index is 9.77. The summed E-state index contributed by atoms with van der Waals surface area (Å²) in [7, 11) is 0. The van der Waals surface area contributed by atoms with Gasteiger partial charge >= 0.3 is 5.97 Å². The summed E-state index contributed by atoms with van der Waals surface area (Å²) in [6.45, 7) is 0.631. The van der Waals surface area contributed by atoms with Crippen LogP contribution in [0.4, 0.5) is 0 Å². The van der Waals surface area contributed by atoms with Gasteiger partial charge in [-0.2, -0.15) is 0 Å². The summed E-state index contributed by atoms with van der Waals surface area (Å²) in [6, 6.07) is 0. The van der Waals surface area contributed by atoms with Crippen LogP contribution in [0.3, 0.4) is 0 Å². The number of hydrogen-bond acceptors (Lipinski definition) is 2. The van der Waals surface area contributed by atoms with Crippen LogP contribution in [0.25, 0.3) is 0 Å². The molecule has 4 heteroatoms. The summed E-state index contributed by atoms with van der Waals surface area (Å²) in [5.41, 5.74) is 0. The van der Waals surface area contributed by atoms with Crippen LogP contribution in [0.1, 0.15) is 6.42 Å². The minimum absolute atomic E-state index is 0. The van der Waals surface area contributed by atoms with Crippen LogP contribution in [0, 0.1) is 0 Å². The van der Waals surface area contributed by atoms with Crippen molar-refractivity contribution in [1.82, 2.24) is 0 Å². The van der Waals surface area contributed by atoms with Gasteiger partial charge in [-0.15, -0.1) is 0 Å². The van der Waals surface area contributed by atoms with Crippen LogP contribution >= 0.6 is 0 Å². The third kappa shape index (κ3) is 3.43. The minimum Gasteiger partial charge on any atom is -0.481 e. The van der Waals surface area contributed by atoms with Gasteiger partial charge in [0.15, 0.2) is 0 Å². The van der Waals surface area contributed by atoms with E-state index >= 15 is 0 Å². The van der Waals surface area contributed by atoms with Crippen LogP contribution in [0.15, 0.2) is 0 Å². The van der Waals surface area contributed by atoms with Crippen LogP contribution < -0.4 is 0 Å².